The van der Waals surface area contributed by atoms with Crippen LogP contribution in [0.2, 0.25) is 0 Å². The molecule has 1 aliphatic rings. The third-order valence-electron chi connectivity index (χ3n) is 4.28. The van der Waals surface area contributed by atoms with Crippen molar-refractivity contribution in [3.63, 3.8) is 0 Å². The predicted octanol–water partition coefficient (Wildman–Crippen LogP) is 2.77. The number of benzene rings is 2. The average Bonchev–Trinajstić information content (AvgIpc) is 2.61. The summed E-state index contributed by atoms with van der Waals surface area (Å²) < 4.78 is 40.7. The second-order valence-corrected chi connectivity index (χ2v) is 7.98. The molecule has 1 atom stereocenters. The van der Waals surface area contributed by atoms with Crippen LogP contribution in [0, 0.1) is 5.82 Å². The molecule has 1 N–H and O–H groups in total. The Kier molecular flexibility index (Phi) is 6.95. The molecule has 0 radical (unpaired) electrons. The van der Waals surface area contributed by atoms with E-state index in [2.05, 4.69) is 5.32 Å². The molecule has 1 unspecified atom stereocenters. The number of nitrogens with one attached hydrogen (secondary N) is 1. The first-order valence-corrected chi connectivity index (χ1v) is 9.67. The molecule has 0 amide bonds. The highest BCUT2D eigenvalue weighted by atomic mass is 35.5. The smallest absolute Gasteiger partial charge is 0.215 e. The SMILES string of the molecule is Cl.O=S(=O)(CCc1ccccc1)N1CCNCC1c1cccc(F)c1. The first-order valence-electron chi connectivity index (χ1n) is 8.06. The lowest BCUT2D eigenvalue weighted by molar-refractivity contribution is 0.271. The van der Waals surface area contributed by atoms with Crippen LogP contribution in [0.1, 0.15) is 17.2 Å². The Morgan fingerprint density at radius 3 is 2.60 bits per heavy atom. The van der Waals surface area contributed by atoms with E-state index >= 15 is 0 Å². The van der Waals surface area contributed by atoms with Crippen molar-refractivity contribution < 1.29 is 12.8 Å². The number of hydrogen-bond donors (Lipinski definition) is 1. The maximum Gasteiger partial charge on any atom is 0.215 e. The Morgan fingerprint density at radius 1 is 1.12 bits per heavy atom. The first kappa shape index (κ1) is 19.8. The molecule has 0 aromatic heterocycles. The fourth-order valence-electron chi connectivity index (χ4n) is 3.03. The molecule has 1 fully saturated rings. The zero-order valence-electron chi connectivity index (χ0n) is 13.8. The number of aryl methyl sites for hydroxylation is 1. The molecule has 2 aromatic rings. The standard InChI is InChI=1S/C18H21FN2O2S.ClH/c19-17-8-4-7-16(13-17)18-14-20-10-11-21(18)24(22,23)12-9-15-5-2-1-3-6-15;/h1-8,13,18,20H,9-12,14H2;1H. The van der Waals surface area contributed by atoms with E-state index in [1.165, 1.54) is 16.4 Å². The van der Waals surface area contributed by atoms with Gasteiger partial charge < -0.3 is 5.32 Å². The number of nitrogens with zero attached hydrogens (tertiary/aromatic N) is 1. The summed E-state index contributed by atoms with van der Waals surface area (Å²) in [5.74, 6) is -0.289. The van der Waals surface area contributed by atoms with Crippen LogP contribution < -0.4 is 5.32 Å². The second kappa shape index (κ2) is 8.76. The van der Waals surface area contributed by atoms with Crippen LogP contribution in [-0.4, -0.2) is 38.1 Å². The third kappa shape index (κ3) is 5.01. The lowest BCUT2D eigenvalue weighted by Gasteiger charge is -2.35. The lowest BCUT2D eigenvalue weighted by Crippen LogP contribution is -2.49. The maximum absolute atomic E-state index is 13.5. The lowest BCUT2D eigenvalue weighted by atomic mass is 10.1. The number of piperazine rings is 1. The summed E-state index contributed by atoms with van der Waals surface area (Å²) in [5.41, 5.74) is 1.68. The van der Waals surface area contributed by atoms with E-state index in [4.69, 9.17) is 0 Å². The van der Waals surface area contributed by atoms with Crippen molar-refractivity contribution in [1.29, 1.82) is 0 Å². The maximum atomic E-state index is 13.5. The van der Waals surface area contributed by atoms with Crippen molar-refractivity contribution in [2.45, 2.75) is 12.5 Å². The van der Waals surface area contributed by atoms with E-state index in [1.807, 2.05) is 30.3 Å². The minimum absolute atomic E-state index is 0. The zero-order valence-corrected chi connectivity index (χ0v) is 15.4. The molecular formula is C18H22ClFN2O2S. The van der Waals surface area contributed by atoms with Gasteiger partial charge in [0.2, 0.25) is 10.0 Å². The van der Waals surface area contributed by atoms with Gasteiger partial charge in [0, 0.05) is 19.6 Å². The first-order chi connectivity index (χ1) is 11.6. The third-order valence-corrected chi connectivity index (χ3v) is 6.15. The monoisotopic (exact) mass is 384 g/mol. The molecule has 0 spiro atoms. The molecule has 2 aromatic carbocycles. The molecule has 1 heterocycles. The summed E-state index contributed by atoms with van der Waals surface area (Å²) in [6, 6.07) is 15.4. The van der Waals surface area contributed by atoms with Crippen molar-refractivity contribution in [2.24, 2.45) is 0 Å². The summed E-state index contributed by atoms with van der Waals surface area (Å²) in [6.45, 7) is 1.50. The van der Waals surface area contributed by atoms with Gasteiger partial charge in [-0.15, -0.1) is 12.4 Å². The van der Waals surface area contributed by atoms with Crippen LogP contribution in [0.25, 0.3) is 0 Å². The Balaban J connectivity index is 0.00000225. The van der Waals surface area contributed by atoms with Gasteiger partial charge in [0.1, 0.15) is 5.82 Å². The van der Waals surface area contributed by atoms with Crippen molar-refractivity contribution in [3.05, 3.63) is 71.5 Å². The van der Waals surface area contributed by atoms with E-state index < -0.39 is 10.0 Å². The normalized spacial score (nSPS) is 18.5. The van der Waals surface area contributed by atoms with E-state index in [-0.39, 0.29) is 30.0 Å². The molecule has 3 rings (SSSR count). The average molecular weight is 385 g/mol. The number of halogens is 2. The van der Waals surface area contributed by atoms with Crippen LogP contribution >= 0.6 is 12.4 Å². The van der Waals surface area contributed by atoms with Crippen LogP contribution in [0.15, 0.2) is 54.6 Å². The summed E-state index contributed by atoms with van der Waals surface area (Å²) in [5, 5.41) is 3.20. The number of rotatable bonds is 5. The van der Waals surface area contributed by atoms with Gasteiger partial charge in [0.25, 0.3) is 0 Å². The van der Waals surface area contributed by atoms with E-state index in [1.54, 1.807) is 12.1 Å². The Bertz CT molecular complexity index is 787. The van der Waals surface area contributed by atoms with Crippen molar-refractivity contribution in [2.75, 3.05) is 25.4 Å². The fraction of sp³-hybridized carbons (Fsp3) is 0.333. The van der Waals surface area contributed by atoms with Gasteiger partial charge in [-0.05, 0) is 29.7 Å². The van der Waals surface area contributed by atoms with Crippen LogP contribution in [0.4, 0.5) is 4.39 Å². The largest absolute Gasteiger partial charge is 0.313 e. The van der Waals surface area contributed by atoms with Gasteiger partial charge in [-0.25, -0.2) is 12.8 Å². The molecule has 0 bridgehead atoms. The summed E-state index contributed by atoms with van der Waals surface area (Å²) in [7, 11) is -3.42. The highest BCUT2D eigenvalue weighted by Crippen LogP contribution is 2.26. The van der Waals surface area contributed by atoms with Gasteiger partial charge >= 0.3 is 0 Å². The summed E-state index contributed by atoms with van der Waals surface area (Å²) >= 11 is 0. The van der Waals surface area contributed by atoms with Gasteiger partial charge in [-0.2, -0.15) is 4.31 Å². The van der Waals surface area contributed by atoms with E-state index in [9.17, 15) is 12.8 Å². The molecular weight excluding hydrogens is 363 g/mol. The van der Waals surface area contributed by atoms with E-state index in [0.717, 1.165) is 5.56 Å². The predicted molar refractivity (Wildman–Crippen MR) is 99.9 cm³/mol. The molecule has 1 saturated heterocycles. The molecule has 1 aliphatic heterocycles. The minimum atomic E-state index is -3.42. The molecule has 0 saturated carbocycles. The summed E-state index contributed by atoms with van der Waals surface area (Å²) in [4.78, 5) is 0. The molecule has 136 valence electrons. The molecule has 4 nitrogen and oxygen atoms in total. The molecule has 7 heteroatoms. The van der Waals surface area contributed by atoms with Crippen LogP contribution in [0.3, 0.4) is 0 Å². The van der Waals surface area contributed by atoms with Crippen LogP contribution in [0.5, 0.6) is 0 Å². The Morgan fingerprint density at radius 2 is 1.88 bits per heavy atom. The quantitative estimate of drug-likeness (QED) is 0.862. The summed E-state index contributed by atoms with van der Waals surface area (Å²) in [6.07, 6.45) is 0.475. The Labute approximate surface area is 154 Å². The zero-order chi connectivity index (χ0) is 17.0. The van der Waals surface area contributed by atoms with Crippen LogP contribution in [-0.2, 0) is 16.4 Å². The highest BCUT2D eigenvalue weighted by molar-refractivity contribution is 7.89. The van der Waals surface area contributed by atoms with E-state index in [0.29, 0.717) is 31.6 Å². The van der Waals surface area contributed by atoms with Gasteiger partial charge in [-0.1, -0.05) is 42.5 Å². The topological polar surface area (TPSA) is 49.4 Å². The second-order valence-electron chi connectivity index (χ2n) is 5.94. The van der Waals surface area contributed by atoms with Crippen molar-refractivity contribution >= 4 is 22.4 Å². The van der Waals surface area contributed by atoms with Gasteiger partial charge in [-0.3, -0.25) is 0 Å². The molecule has 25 heavy (non-hydrogen) atoms. The Hall–Kier alpha value is -1.47. The number of sulfonamides is 1. The fourth-order valence-corrected chi connectivity index (χ4v) is 4.71. The van der Waals surface area contributed by atoms with Crippen molar-refractivity contribution in [1.82, 2.24) is 9.62 Å². The number of hydrogen-bond acceptors (Lipinski definition) is 3. The van der Waals surface area contributed by atoms with Gasteiger partial charge in [0.15, 0.2) is 0 Å². The minimum Gasteiger partial charge on any atom is -0.313 e. The molecule has 0 aliphatic carbocycles. The highest BCUT2D eigenvalue weighted by Gasteiger charge is 2.33. The van der Waals surface area contributed by atoms with Crippen molar-refractivity contribution in [3.8, 4) is 0 Å². The van der Waals surface area contributed by atoms with Gasteiger partial charge in [0.05, 0.1) is 11.8 Å².